The maximum Gasteiger partial charge on any atom is 0.237 e. The summed E-state index contributed by atoms with van der Waals surface area (Å²) in [6.07, 6.45) is 2.68. The van der Waals surface area contributed by atoms with E-state index in [2.05, 4.69) is 5.32 Å². The fourth-order valence-corrected chi connectivity index (χ4v) is 3.08. The van der Waals surface area contributed by atoms with E-state index in [1.165, 1.54) is 0 Å². The van der Waals surface area contributed by atoms with Crippen LogP contribution in [-0.2, 0) is 22.4 Å². The number of ketones is 1. The molecule has 0 aliphatic carbocycles. The van der Waals surface area contributed by atoms with Gasteiger partial charge in [0.05, 0.1) is 12.1 Å². The average Bonchev–Trinajstić information content (AvgIpc) is 2.74. The van der Waals surface area contributed by atoms with Crippen LogP contribution in [0.15, 0.2) is 54.6 Å². The third kappa shape index (κ3) is 7.16. The van der Waals surface area contributed by atoms with Gasteiger partial charge in [-0.1, -0.05) is 61.5 Å². The van der Waals surface area contributed by atoms with Crippen LogP contribution in [0.2, 0.25) is 0 Å². The molecule has 0 radical (unpaired) electrons. The lowest BCUT2D eigenvalue weighted by Gasteiger charge is -2.19. The molecule has 0 unspecified atom stereocenters. The minimum atomic E-state index is -0.642. The highest BCUT2D eigenvalue weighted by Crippen LogP contribution is 2.09. The molecule has 1 amide bonds. The second-order valence-corrected chi connectivity index (χ2v) is 7.18. The molecule has 0 spiro atoms. The lowest BCUT2D eigenvalue weighted by molar-refractivity contribution is -0.128. The van der Waals surface area contributed by atoms with E-state index in [1.54, 1.807) is 12.1 Å². The van der Waals surface area contributed by atoms with Gasteiger partial charge >= 0.3 is 0 Å². The summed E-state index contributed by atoms with van der Waals surface area (Å²) in [7, 11) is 0. The van der Waals surface area contributed by atoms with Crippen LogP contribution in [0.4, 0.5) is 0 Å². The number of nitrogens with two attached hydrogens (primary N) is 2. The summed E-state index contributed by atoms with van der Waals surface area (Å²) >= 11 is 0. The van der Waals surface area contributed by atoms with Gasteiger partial charge in [-0.25, -0.2) is 0 Å². The van der Waals surface area contributed by atoms with Crippen molar-refractivity contribution in [3.63, 3.8) is 0 Å². The highest BCUT2D eigenvalue weighted by Gasteiger charge is 2.22. The molecule has 6 N–H and O–H groups in total. The molecule has 6 nitrogen and oxygen atoms in total. The number of nitrogen functional groups attached to an aromatic ring is 1. The van der Waals surface area contributed by atoms with Crippen LogP contribution in [0.25, 0.3) is 0 Å². The molecule has 0 bridgehead atoms. The van der Waals surface area contributed by atoms with Crippen molar-refractivity contribution in [1.29, 1.82) is 5.41 Å². The Bertz CT molecular complexity index is 819. The molecule has 0 aliphatic rings. The summed E-state index contributed by atoms with van der Waals surface area (Å²) in [5, 5.41) is 10.2. The van der Waals surface area contributed by atoms with Gasteiger partial charge in [0.2, 0.25) is 5.91 Å². The Morgan fingerprint density at radius 2 is 1.62 bits per heavy atom. The summed E-state index contributed by atoms with van der Waals surface area (Å²) in [5.41, 5.74) is 14.2. The van der Waals surface area contributed by atoms with Crippen molar-refractivity contribution in [2.45, 2.75) is 51.1 Å². The predicted molar refractivity (Wildman–Crippen MR) is 116 cm³/mol. The van der Waals surface area contributed by atoms with E-state index in [9.17, 15) is 9.59 Å². The summed E-state index contributed by atoms with van der Waals surface area (Å²) in [6, 6.07) is 16.0. The lowest BCUT2D eigenvalue weighted by Crippen LogP contribution is -2.48. The van der Waals surface area contributed by atoms with E-state index in [0.29, 0.717) is 31.2 Å². The van der Waals surface area contributed by atoms with Gasteiger partial charge in [0, 0.05) is 12.0 Å². The fraction of sp³-hybridized carbons (Fsp3) is 0.348. The minimum absolute atomic E-state index is 0.00764. The Morgan fingerprint density at radius 1 is 1.00 bits per heavy atom. The Kier molecular flexibility index (Phi) is 8.55. The van der Waals surface area contributed by atoms with Gasteiger partial charge in [-0.2, -0.15) is 0 Å². The number of rotatable bonds is 11. The molecule has 0 heterocycles. The molecule has 29 heavy (non-hydrogen) atoms. The van der Waals surface area contributed by atoms with Gasteiger partial charge in [-0.3, -0.25) is 15.0 Å². The molecule has 2 rings (SSSR count). The van der Waals surface area contributed by atoms with E-state index < -0.39 is 12.1 Å². The third-order valence-electron chi connectivity index (χ3n) is 4.96. The number of nitrogens with one attached hydrogen (secondary N) is 2. The Labute approximate surface area is 172 Å². The highest BCUT2D eigenvalue weighted by molar-refractivity contribution is 5.95. The van der Waals surface area contributed by atoms with Crippen LogP contribution in [0, 0.1) is 5.41 Å². The average molecular weight is 395 g/mol. The SMILES string of the molecule is CC[C@H](NC(=O)[C@H](N)CCc1ccccc1)C(=O)CCc1ccc(C(=N)N)cc1. The maximum absolute atomic E-state index is 12.6. The molecule has 2 aromatic rings. The number of Topliss-reactive ketones (excluding diaryl/α,β-unsaturated/α-hetero) is 1. The smallest absolute Gasteiger partial charge is 0.237 e. The Morgan fingerprint density at radius 3 is 2.21 bits per heavy atom. The van der Waals surface area contributed by atoms with Gasteiger partial charge in [0.15, 0.2) is 5.78 Å². The number of amidine groups is 1. The minimum Gasteiger partial charge on any atom is -0.384 e. The molecule has 0 saturated carbocycles. The van der Waals surface area contributed by atoms with E-state index in [0.717, 1.165) is 17.5 Å². The van der Waals surface area contributed by atoms with Gasteiger partial charge in [0.1, 0.15) is 5.84 Å². The van der Waals surface area contributed by atoms with Crippen LogP contribution in [-0.4, -0.2) is 29.6 Å². The third-order valence-corrected chi connectivity index (χ3v) is 4.96. The van der Waals surface area contributed by atoms with Crippen molar-refractivity contribution < 1.29 is 9.59 Å². The first-order valence-corrected chi connectivity index (χ1v) is 9.96. The van der Waals surface area contributed by atoms with Crippen LogP contribution in [0.3, 0.4) is 0 Å². The lowest BCUT2D eigenvalue weighted by atomic mass is 10.00. The summed E-state index contributed by atoms with van der Waals surface area (Å²) in [4.78, 5) is 24.9. The van der Waals surface area contributed by atoms with Crippen LogP contribution >= 0.6 is 0 Å². The predicted octanol–water partition coefficient (Wildman–Crippen LogP) is 2.33. The van der Waals surface area contributed by atoms with Crippen molar-refractivity contribution in [1.82, 2.24) is 5.32 Å². The first-order chi connectivity index (χ1) is 13.9. The van der Waals surface area contributed by atoms with Crippen molar-refractivity contribution in [2.75, 3.05) is 0 Å². The van der Waals surface area contributed by atoms with Gasteiger partial charge in [-0.15, -0.1) is 0 Å². The number of hydrogen-bond donors (Lipinski definition) is 4. The molecule has 6 heteroatoms. The summed E-state index contributed by atoms with van der Waals surface area (Å²) < 4.78 is 0. The topological polar surface area (TPSA) is 122 Å². The van der Waals surface area contributed by atoms with Gasteiger partial charge < -0.3 is 16.8 Å². The summed E-state index contributed by atoms with van der Waals surface area (Å²) in [5.74, 6) is -0.274. The molecule has 0 fully saturated rings. The van der Waals surface area contributed by atoms with Gasteiger partial charge in [0.25, 0.3) is 0 Å². The standard InChI is InChI=1S/C23H30N4O2/c1-2-20(21(28)15-11-17-8-12-18(13-9-17)22(25)26)27-23(29)19(24)14-10-16-6-4-3-5-7-16/h3-9,12-13,19-20H,2,10-11,14-15,24H2,1H3,(H3,25,26)(H,27,29)/t19-,20+/m1/s1. The van der Waals surface area contributed by atoms with E-state index in [4.69, 9.17) is 16.9 Å². The summed E-state index contributed by atoms with van der Waals surface area (Å²) in [6.45, 7) is 1.87. The van der Waals surface area contributed by atoms with Crippen molar-refractivity contribution in [3.05, 3.63) is 71.3 Å². The van der Waals surface area contributed by atoms with E-state index >= 15 is 0 Å². The molecular formula is C23H30N4O2. The highest BCUT2D eigenvalue weighted by atomic mass is 16.2. The molecule has 0 saturated heterocycles. The maximum atomic E-state index is 12.6. The number of aryl methyl sites for hydroxylation is 2. The van der Waals surface area contributed by atoms with Crippen LogP contribution in [0.5, 0.6) is 0 Å². The van der Waals surface area contributed by atoms with Gasteiger partial charge in [-0.05, 0) is 36.8 Å². The largest absolute Gasteiger partial charge is 0.384 e. The van der Waals surface area contributed by atoms with Crippen LogP contribution < -0.4 is 16.8 Å². The number of benzene rings is 2. The fourth-order valence-electron chi connectivity index (χ4n) is 3.08. The Balaban J connectivity index is 1.81. The first kappa shape index (κ1) is 22.3. The molecule has 0 aliphatic heterocycles. The monoisotopic (exact) mass is 394 g/mol. The van der Waals surface area contributed by atoms with E-state index in [1.807, 2.05) is 49.4 Å². The number of amides is 1. The zero-order valence-corrected chi connectivity index (χ0v) is 16.9. The van der Waals surface area contributed by atoms with Crippen molar-refractivity contribution >= 4 is 17.5 Å². The zero-order chi connectivity index (χ0) is 21.2. The normalized spacial score (nSPS) is 12.8. The molecule has 2 aromatic carbocycles. The zero-order valence-electron chi connectivity index (χ0n) is 16.9. The second-order valence-electron chi connectivity index (χ2n) is 7.18. The number of carbonyl (C=O) groups excluding carboxylic acids is 2. The second kappa shape index (κ2) is 11.1. The molecule has 2 atom stereocenters. The number of hydrogen-bond acceptors (Lipinski definition) is 4. The molecule has 154 valence electrons. The van der Waals surface area contributed by atoms with E-state index in [-0.39, 0.29) is 17.5 Å². The molecular weight excluding hydrogens is 364 g/mol. The number of carbonyl (C=O) groups is 2. The molecule has 0 aromatic heterocycles. The quantitative estimate of drug-likeness (QED) is 0.345. The van der Waals surface area contributed by atoms with Crippen LogP contribution in [0.1, 0.15) is 42.9 Å². The van der Waals surface area contributed by atoms with Crippen molar-refractivity contribution in [3.8, 4) is 0 Å². The van der Waals surface area contributed by atoms with Crippen molar-refractivity contribution in [2.24, 2.45) is 11.5 Å². The Hall–Kier alpha value is -2.99. The first-order valence-electron chi connectivity index (χ1n) is 9.96.